The molecule has 0 radical (unpaired) electrons. The first-order valence-electron chi connectivity index (χ1n) is 4.57. The Morgan fingerprint density at radius 1 is 1.25 bits per heavy atom. The lowest BCUT2D eigenvalue weighted by molar-refractivity contribution is -0.0936. The fourth-order valence-corrected chi connectivity index (χ4v) is 1.25. The average Bonchev–Trinajstić information content (AvgIpc) is 2.31. The SMILES string of the molecule is C#CCOC(c1ccccc1)C(F)(F)C#C. The molecule has 0 saturated heterocycles. The van der Waals surface area contributed by atoms with Crippen molar-refractivity contribution in [2.24, 2.45) is 0 Å². The van der Waals surface area contributed by atoms with Gasteiger partial charge in [0.2, 0.25) is 0 Å². The van der Waals surface area contributed by atoms with Crippen molar-refractivity contribution < 1.29 is 13.5 Å². The number of hydrogen-bond donors (Lipinski definition) is 0. The molecule has 0 fully saturated rings. The topological polar surface area (TPSA) is 9.23 Å². The molecular formula is C13H10F2O. The molecule has 1 rings (SSSR count). The molecule has 0 heterocycles. The summed E-state index contributed by atoms with van der Waals surface area (Å²) in [6, 6.07) is 8.02. The van der Waals surface area contributed by atoms with Crippen LogP contribution in [-0.4, -0.2) is 12.5 Å². The van der Waals surface area contributed by atoms with Gasteiger partial charge in [-0.05, 0) is 11.5 Å². The van der Waals surface area contributed by atoms with Crippen LogP contribution in [0.5, 0.6) is 0 Å². The summed E-state index contributed by atoms with van der Waals surface area (Å²) in [5.41, 5.74) is 0.306. The third-order valence-electron chi connectivity index (χ3n) is 1.96. The van der Waals surface area contributed by atoms with Crippen molar-refractivity contribution in [3.63, 3.8) is 0 Å². The zero-order valence-corrected chi connectivity index (χ0v) is 8.49. The van der Waals surface area contributed by atoms with Gasteiger partial charge in [-0.1, -0.05) is 36.3 Å². The molecule has 0 aliphatic rings. The second kappa shape index (κ2) is 5.30. The van der Waals surface area contributed by atoms with Gasteiger partial charge in [0, 0.05) is 0 Å². The maximum absolute atomic E-state index is 13.4. The molecule has 16 heavy (non-hydrogen) atoms. The van der Waals surface area contributed by atoms with E-state index in [0.717, 1.165) is 0 Å². The van der Waals surface area contributed by atoms with Crippen LogP contribution >= 0.6 is 0 Å². The number of halogens is 2. The molecule has 0 saturated carbocycles. The minimum Gasteiger partial charge on any atom is -0.353 e. The molecule has 0 spiro atoms. The van der Waals surface area contributed by atoms with Gasteiger partial charge >= 0.3 is 5.92 Å². The number of ether oxygens (including phenoxy) is 1. The van der Waals surface area contributed by atoms with E-state index >= 15 is 0 Å². The molecule has 1 unspecified atom stereocenters. The highest BCUT2D eigenvalue weighted by molar-refractivity contribution is 5.23. The molecule has 0 aromatic heterocycles. The fraction of sp³-hybridized carbons (Fsp3) is 0.231. The Morgan fingerprint density at radius 2 is 1.88 bits per heavy atom. The number of benzene rings is 1. The van der Waals surface area contributed by atoms with Gasteiger partial charge in [-0.2, -0.15) is 8.78 Å². The van der Waals surface area contributed by atoms with Gasteiger partial charge in [-0.3, -0.25) is 0 Å². The zero-order chi connectivity index (χ0) is 12.0. The number of rotatable bonds is 4. The predicted molar refractivity (Wildman–Crippen MR) is 57.7 cm³/mol. The van der Waals surface area contributed by atoms with E-state index in [4.69, 9.17) is 17.6 Å². The minimum absolute atomic E-state index is 0.211. The zero-order valence-electron chi connectivity index (χ0n) is 8.49. The molecule has 1 aromatic rings. The van der Waals surface area contributed by atoms with E-state index in [1.165, 1.54) is 18.1 Å². The first-order chi connectivity index (χ1) is 7.61. The highest BCUT2D eigenvalue weighted by Gasteiger charge is 2.39. The van der Waals surface area contributed by atoms with Crippen LogP contribution in [0, 0.1) is 24.7 Å². The molecule has 0 amide bonds. The average molecular weight is 220 g/mol. The summed E-state index contributed by atoms with van der Waals surface area (Å²) in [5.74, 6) is 0.185. The van der Waals surface area contributed by atoms with Gasteiger partial charge in [-0.25, -0.2) is 0 Å². The Bertz CT molecular complexity index is 412. The maximum Gasteiger partial charge on any atom is 0.337 e. The maximum atomic E-state index is 13.4. The van der Waals surface area contributed by atoms with Gasteiger partial charge in [0.05, 0.1) is 0 Å². The third-order valence-corrected chi connectivity index (χ3v) is 1.96. The first kappa shape index (κ1) is 12.2. The highest BCUT2D eigenvalue weighted by atomic mass is 19.3. The molecule has 82 valence electrons. The molecule has 1 aromatic carbocycles. The fourth-order valence-electron chi connectivity index (χ4n) is 1.25. The smallest absolute Gasteiger partial charge is 0.337 e. The summed E-state index contributed by atoms with van der Waals surface area (Å²) in [6.45, 7) is -0.211. The second-order valence-electron chi connectivity index (χ2n) is 3.07. The van der Waals surface area contributed by atoms with Crippen molar-refractivity contribution in [2.45, 2.75) is 12.0 Å². The standard InChI is InChI=1S/C13H10F2O/c1-3-10-16-12(13(14,15)4-2)11-8-6-5-7-9-11/h1-2,5-9,12H,10H2. The molecule has 0 aliphatic heterocycles. The van der Waals surface area contributed by atoms with E-state index in [1.807, 2.05) is 0 Å². The first-order valence-corrected chi connectivity index (χ1v) is 4.57. The summed E-state index contributed by atoms with van der Waals surface area (Å²) >= 11 is 0. The van der Waals surface area contributed by atoms with Crippen LogP contribution in [0.15, 0.2) is 30.3 Å². The molecular weight excluding hydrogens is 210 g/mol. The Kier molecular flexibility index (Phi) is 4.05. The van der Waals surface area contributed by atoms with Gasteiger partial charge in [0.25, 0.3) is 0 Å². The summed E-state index contributed by atoms with van der Waals surface area (Å²) in [7, 11) is 0. The Hall–Kier alpha value is -1.84. The summed E-state index contributed by atoms with van der Waals surface area (Å²) in [4.78, 5) is 0. The third kappa shape index (κ3) is 2.82. The minimum atomic E-state index is -3.38. The van der Waals surface area contributed by atoms with Gasteiger partial charge in [0.15, 0.2) is 6.10 Å². The van der Waals surface area contributed by atoms with Crippen LogP contribution in [0.25, 0.3) is 0 Å². The highest BCUT2D eigenvalue weighted by Crippen LogP contribution is 2.33. The normalized spacial score (nSPS) is 12.5. The van der Waals surface area contributed by atoms with Crippen LogP contribution in [0.4, 0.5) is 8.78 Å². The van der Waals surface area contributed by atoms with Crippen molar-refractivity contribution in [1.82, 2.24) is 0 Å². The van der Waals surface area contributed by atoms with E-state index < -0.39 is 12.0 Å². The lowest BCUT2D eigenvalue weighted by atomic mass is 10.0. The molecule has 0 N–H and O–H groups in total. The largest absolute Gasteiger partial charge is 0.353 e. The van der Waals surface area contributed by atoms with Crippen LogP contribution in [-0.2, 0) is 4.74 Å². The molecule has 1 atom stereocenters. The number of alkyl halides is 2. The van der Waals surface area contributed by atoms with Gasteiger partial charge in [-0.15, -0.1) is 12.8 Å². The second-order valence-corrected chi connectivity index (χ2v) is 3.07. The van der Waals surface area contributed by atoms with E-state index in [2.05, 4.69) is 5.92 Å². The summed E-state index contributed by atoms with van der Waals surface area (Å²) < 4.78 is 31.7. The molecule has 1 nitrogen and oxygen atoms in total. The summed E-state index contributed by atoms with van der Waals surface area (Å²) in [5, 5.41) is 0. The van der Waals surface area contributed by atoms with E-state index in [1.54, 1.807) is 18.2 Å². The van der Waals surface area contributed by atoms with Crippen LogP contribution in [0.3, 0.4) is 0 Å². The van der Waals surface area contributed by atoms with Gasteiger partial charge in [0.1, 0.15) is 6.61 Å². The van der Waals surface area contributed by atoms with Crippen LogP contribution in [0.2, 0.25) is 0 Å². The van der Waals surface area contributed by atoms with Crippen LogP contribution in [0.1, 0.15) is 11.7 Å². The Morgan fingerprint density at radius 3 is 2.38 bits per heavy atom. The van der Waals surface area contributed by atoms with Gasteiger partial charge < -0.3 is 4.74 Å². The monoisotopic (exact) mass is 220 g/mol. The Labute approximate surface area is 93.4 Å². The number of hydrogen-bond acceptors (Lipinski definition) is 1. The Balaban J connectivity index is 2.99. The lowest BCUT2D eigenvalue weighted by Crippen LogP contribution is -2.27. The van der Waals surface area contributed by atoms with Crippen LogP contribution < -0.4 is 0 Å². The quantitative estimate of drug-likeness (QED) is 0.709. The van der Waals surface area contributed by atoms with Crippen molar-refractivity contribution in [3.05, 3.63) is 35.9 Å². The lowest BCUT2D eigenvalue weighted by Gasteiger charge is -2.22. The molecule has 0 aliphatic carbocycles. The van der Waals surface area contributed by atoms with Crippen molar-refractivity contribution in [3.8, 4) is 24.7 Å². The number of terminal acetylenes is 2. The van der Waals surface area contributed by atoms with Crippen molar-refractivity contribution in [2.75, 3.05) is 6.61 Å². The predicted octanol–water partition coefficient (Wildman–Crippen LogP) is 2.65. The van der Waals surface area contributed by atoms with E-state index in [0.29, 0.717) is 5.56 Å². The van der Waals surface area contributed by atoms with Crippen molar-refractivity contribution >= 4 is 0 Å². The van der Waals surface area contributed by atoms with E-state index in [-0.39, 0.29) is 6.61 Å². The van der Waals surface area contributed by atoms with Crippen molar-refractivity contribution in [1.29, 1.82) is 0 Å². The molecule has 3 heteroatoms. The summed E-state index contributed by atoms with van der Waals surface area (Å²) in [6.07, 6.45) is 8.25. The molecule has 0 bridgehead atoms. The van der Waals surface area contributed by atoms with E-state index in [9.17, 15) is 8.78 Å².